The van der Waals surface area contributed by atoms with Gasteiger partial charge in [0.1, 0.15) is 43.8 Å². The van der Waals surface area contributed by atoms with Crippen LogP contribution in [0.15, 0.2) is 42.0 Å². The summed E-state index contributed by atoms with van der Waals surface area (Å²) in [4.78, 5) is 13.5. The third kappa shape index (κ3) is 6.64. The van der Waals surface area contributed by atoms with Gasteiger partial charge in [-0.25, -0.2) is 8.78 Å². The number of halogens is 3. The van der Waals surface area contributed by atoms with E-state index in [0.717, 1.165) is 41.8 Å². The first-order valence-corrected chi connectivity index (χ1v) is 11.9. The van der Waals surface area contributed by atoms with Gasteiger partial charge in [0.2, 0.25) is 0 Å². The number of alkyl halides is 2. The molecule has 2 aromatic carbocycles. The van der Waals surface area contributed by atoms with E-state index in [1.165, 1.54) is 0 Å². The van der Waals surface area contributed by atoms with E-state index in [-0.39, 0.29) is 23.3 Å². The molecule has 1 atom stereocenters. The number of carboxylic acid groups (broad SMARTS) is 1. The van der Waals surface area contributed by atoms with Crippen molar-refractivity contribution in [3.8, 4) is 17.2 Å². The number of likely N-dealkylation sites (tertiary alicyclic amines) is 1. The molecule has 0 unspecified atom stereocenters. The number of benzene rings is 2. The third-order valence-electron chi connectivity index (χ3n) is 6.08. The summed E-state index contributed by atoms with van der Waals surface area (Å²) in [6.07, 6.45) is 2.55. The number of rotatable bonds is 10. The van der Waals surface area contributed by atoms with Gasteiger partial charge in [0.25, 0.3) is 0 Å². The van der Waals surface area contributed by atoms with Gasteiger partial charge >= 0.3 is 5.97 Å². The molecule has 0 radical (unpaired) electrons. The first-order chi connectivity index (χ1) is 16.9. The molecule has 0 saturated carbocycles. The number of hydrogen-bond acceptors (Lipinski definition) is 5. The highest BCUT2D eigenvalue weighted by Crippen LogP contribution is 2.32. The molecule has 188 valence electrons. The van der Waals surface area contributed by atoms with E-state index in [2.05, 4.69) is 11.0 Å². The molecule has 0 aliphatic carbocycles. The Morgan fingerprint density at radius 1 is 1.23 bits per heavy atom. The maximum Gasteiger partial charge on any atom is 0.307 e. The average Bonchev–Trinajstić information content (AvgIpc) is 2.87. The molecule has 4 rings (SSSR count). The van der Waals surface area contributed by atoms with Crippen molar-refractivity contribution < 1.29 is 32.9 Å². The van der Waals surface area contributed by atoms with Gasteiger partial charge in [-0.3, -0.25) is 9.69 Å². The standard InChI is InChI=1S/C26H28ClF2NO5/c27-23-9-17(3-6-24(23)35-22(11-28)12-29)15-33-21-5-4-19-8-18(16-34-25(19)10-21)13-30-7-1-2-20(14-30)26(31)32/h3-6,8-10,20,22H,1-2,7,11-16H2,(H,31,32)/t20-/m1/s1. The van der Waals surface area contributed by atoms with E-state index in [0.29, 0.717) is 25.4 Å². The third-order valence-corrected chi connectivity index (χ3v) is 6.37. The van der Waals surface area contributed by atoms with Crippen molar-refractivity contribution >= 4 is 23.6 Å². The molecule has 0 aromatic heterocycles. The molecule has 6 nitrogen and oxygen atoms in total. The van der Waals surface area contributed by atoms with Crippen LogP contribution in [0.25, 0.3) is 6.08 Å². The van der Waals surface area contributed by atoms with Crippen molar-refractivity contribution in [1.29, 1.82) is 0 Å². The second kappa shape index (κ2) is 11.7. The van der Waals surface area contributed by atoms with Gasteiger partial charge in [0, 0.05) is 24.7 Å². The monoisotopic (exact) mass is 507 g/mol. The maximum absolute atomic E-state index is 12.7. The van der Waals surface area contributed by atoms with Crippen molar-refractivity contribution in [3.05, 3.63) is 58.1 Å². The molecular weight excluding hydrogens is 480 g/mol. The van der Waals surface area contributed by atoms with Crippen molar-refractivity contribution in [1.82, 2.24) is 4.90 Å². The molecule has 1 saturated heterocycles. The van der Waals surface area contributed by atoms with Gasteiger partial charge in [-0.05, 0) is 60.9 Å². The summed E-state index contributed by atoms with van der Waals surface area (Å²) in [5.41, 5.74) is 2.84. The van der Waals surface area contributed by atoms with Crippen LogP contribution >= 0.6 is 11.6 Å². The zero-order valence-corrected chi connectivity index (χ0v) is 20.0. The molecule has 35 heavy (non-hydrogen) atoms. The lowest BCUT2D eigenvalue weighted by Gasteiger charge is -2.32. The molecule has 1 fully saturated rings. The summed E-state index contributed by atoms with van der Waals surface area (Å²) < 4.78 is 42.4. The lowest BCUT2D eigenvalue weighted by molar-refractivity contribution is -0.143. The summed E-state index contributed by atoms with van der Waals surface area (Å²) in [5, 5.41) is 9.55. The molecule has 9 heteroatoms. The van der Waals surface area contributed by atoms with E-state index in [9.17, 15) is 18.7 Å². The molecule has 2 aromatic rings. The Bertz CT molecular complexity index is 1080. The zero-order chi connectivity index (χ0) is 24.8. The Labute approximate surface area is 208 Å². The summed E-state index contributed by atoms with van der Waals surface area (Å²) in [6.45, 7) is 0.978. The zero-order valence-electron chi connectivity index (χ0n) is 19.2. The fourth-order valence-corrected chi connectivity index (χ4v) is 4.49. The summed E-state index contributed by atoms with van der Waals surface area (Å²) in [6, 6.07) is 10.6. The lowest BCUT2D eigenvalue weighted by atomic mass is 9.97. The van der Waals surface area contributed by atoms with E-state index in [1.807, 2.05) is 18.2 Å². The Morgan fingerprint density at radius 3 is 2.80 bits per heavy atom. The highest BCUT2D eigenvalue weighted by molar-refractivity contribution is 6.32. The predicted molar refractivity (Wildman–Crippen MR) is 129 cm³/mol. The minimum absolute atomic E-state index is 0.225. The Hall–Kier alpha value is -2.84. The number of hydrogen-bond donors (Lipinski definition) is 1. The van der Waals surface area contributed by atoms with E-state index in [4.69, 9.17) is 25.8 Å². The molecule has 0 bridgehead atoms. The van der Waals surface area contributed by atoms with Crippen molar-refractivity contribution in [3.63, 3.8) is 0 Å². The van der Waals surface area contributed by atoms with Crippen molar-refractivity contribution in [2.75, 3.05) is 39.6 Å². The number of carboxylic acids is 1. The molecule has 2 aliphatic heterocycles. The molecule has 2 aliphatic rings. The molecule has 2 heterocycles. The Balaban J connectivity index is 1.34. The fraction of sp³-hybridized carbons (Fsp3) is 0.423. The van der Waals surface area contributed by atoms with Gasteiger partial charge in [-0.15, -0.1) is 0 Å². The number of ether oxygens (including phenoxy) is 3. The highest BCUT2D eigenvalue weighted by Gasteiger charge is 2.26. The lowest BCUT2D eigenvalue weighted by Crippen LogP contribution is -2.40. The van der Waals surface area contributed by atoms with Crippen LogP contribution in [-0.4, -0.2) is 61.7 Å². The van der Waals surface area contributed by atoms with Crippen LogP contribution in [0.4, 0.5) is 8.78 Å². The van der Waals surface area contributed by atoms with Gasteiger partial charge in [0.05, 0.1) is 10.9 Å². The van der Waals surface area contributed by atoms with Crippen LogP contribution in [-0.2, 0) is 11.4 Å². The van der Waals surface area contributed by atoms with Crippen LogP contribution in [0.1, 0.15) is 24.0 Å². The smallest absolute Gasteiger partial charge is 0.307 e. The van der Waals surface area contributed by atoms with Crippen LogP contribution in [0, 0.1) is 5.92 Å². The largest absolute Gasteiger partial charge is 0.489 e. The van der Waals surface area contributed by atoms with Gasteiger partial charge in [-0.1, -0.05) is 17.7 Å². The first-order valence-electron chi connectivity index (χ1n) is 11.6. The first kappa shape index (κ1) is 25.3. The normalized spacial score (nSPS) is 17.9. The maximum atomic E-state index is 12.7. The van der Waals surface area contributed by atoms with Crippen molar-refractivity contribution in [2.45, 2.75) is 25.6 Å². The molecule has 1 N–H and O–H groups in total. The molecular formula is C26H28ClF2NO5. The van der Waals surface area contributed by atoms with E-state index < -0.39 is 25.4 Å². The summed E-state index contributed by atoms with van der Waals surface area (Å²) in [5.74, 6) is 0.547. The van der Waals surface area contributed by atoms with Gasteiger partial charge < -0.3 is 19.3 Å². The molecule has 0 amide bonds. The summed E-state index contributed by atoms with van der Waals surface area (Å²) in [7, 11) is 0. The SMILES string of the molecule is O=C(O)[C@@H]1CCCN(CC2=Cc3ccc(OCc4ccc(OC(CF)CF)c(Cl)c4)cc3OC2)C1. The highest BCUT2D eigenvalue weighted by atomic mass is 35.5. The van der Waals surface area contributed by atoms with Crippen LogP contribution in [0.5, 0.6) is 17.2 Å². The fourth-order valence-electron chi connectivity index (χ4n) is 4.24. The summed E-state index contributed by atoms with van der Waals surface area (Å²) >= 11 is 6.19. The van der Waals surface area contributed by atoms with Crippen LogP contribution < -0.4 is 14.2 Å². The van der Waals surface area contributed by atoms with Gasteiger partial charge in [-0.2, -0.15) is 0 Å². The Morgan fingerprint density at radius 2 is 2.06 bits per heavy atom. The van der Waals surface area contributed by atoms with E-state index in [1.54, 1.807) is 18.2 Å². The van der Waals surface area contributed by atoms with Crippen molar-refractivity contribution in [2.24, 2.45) is 5.92 Å². The second-order valence-corrected chi connectivity index (χ2v) is 9.21. The van der Waals surface area contributed by atoms with Crippen LogP contribution in [0.2, 0.25) is 5.02 Å². The van der Waals surface area contributed by atoms with Gasteiger partial charge in [0.15, 0.2) is 6.10 Å². The number of piperidine rings is 1. The Kier molecular flexibility index (Phi) is 8.46. The second-order valence-electron chi connectivity index (χ2n) is 8.81. The number of nitrogens with zero attached hydrogens (tertiary/aromatic N) is 1. The quantitative estimate of drug-likeness (QED) is 0.478. The van der Waals surface area contributed by atoms with Crippen LogP contribution in [0.3, 0.4) is 0 Å². The van der Waals surface area contributed by atoms with E-state index >= 15 is 0 Å². The number of fused-ring (bicyclic) bond motifs is 1. The molecule has 0 spiro atoms. The minimum Gasteiger partial charge on any atom is -0.489 e. The topological polar surface area (TPSA) is 68.2 Å². The predicted octanol–water partition coefficient (Wildman–Crippen LogP) is 5.18. The number of aliphatic carboxylic acids is 1. The number of carbonyl (C=O) groups is 1. The minimum atomic E-state index is -1.17. The average molecular weight is 508 g/mol.